The average molecular weight is 632 g/mol. The maximum atomic E-state index is 14.4. The molecule has 0 aliphatic carbocycles. The molecule has 1 N–H and O–H groups in total. The van der Waals surface area contributed by atoms with Crippen molar-refractivity contribution >= 4 is 39.1 Å². The second-order valence-electron chi connectivity index (χ2n) is 10.7. The monoisotopic (exact) mass is 631 g/mol. The van der Waals surface area contributed by atoms with E-state index in [1.165, 1.54) is 17.0 Å². The van der Waals surface area contributed by atoms with Crippen molar-refractivity contribution in [1.82, 2.24) is 10.2 Å². The summed E-state index contributed by atoms with van der Waals surface area (Å²) in [6, 6.07) is 30.7. The van der Waals surface area contributed by atoms with Crippen LogP contribution in [0.3, 0.4) is 0 Å². The number of rotatable bonds is 14. The third-order valence-corrected chi connectivity index (χ3v) is 9.30. The largest absolute Gasteiger partial charge is 0.354 e. The second kappa shape index (κ2) is 15.5. The van der Waals surface area contributed by atoms with Crippen LogP contribution >= 0.6 is 11.6 Å². The molecule has 0 heterocycles. The lowest BCUT2D eigenvalue weighted by Gasteiger charge is -2.34. The summed E-state index contributed by atoms with van der Waals surface area (Å²) in [5.74, 6) is -0.817. The van der Waals surface area contributed by atoms with E-state index in [1.807, 2.05) is 50.2 Å². The summed E-state index contributed by atoms with van der Waals surface area (Å²) in [5, 5.41) is 3.49. The quantitative estimate of drug-likeness (QED) is 0.163. The Kier molecular flexibility index (Phi) is 11.6. The highest BCUT2D eigenvalue weighted by Crippen LogP contribution is 2.25. The van der Waals surface area contributed by atoms with Gasteiger partial charge < -0.3 is 10.2 Å². The van der Waals surface area contributed by atoms with E-state index in [2.05, 4.69) is 5.32 Å². The SMILES string of the molecule is CCCCNC(=O)C(Cc1ccccc1)N(Cc1cccc(Cl)c1)C(=O)CN(c1ccc(C)cc1)S(=O)(=O)c1ccccc1. The van der Waals surface area contributed by atoms with Gasteiger partial charge in [0.15, 0.2) is 0 Å². The fourth-order valence-corrected chi connectivity index (χ4v) is 6.50. The molecule has 0 saturated heterocycles. The predicted molar refractivity (Wildman–Crippen MR) is 176 cm³/mol. The smallest absolute Gasteiger partial charge is 0.264 e. The number of aryl methyl sites for hydroxylation is 1. The molecule has 44 heavy (non-hydrogen) atoms. The highest BCUT2D eigenvalue weighted by atomic mass is 35.5. The van der Waals surface area contributed by atoms with E-state index in [9.17, 15) is 18.0 Å². The van der Waals surface area contributed by atoms with E-state index < -0.39 is 28.5 Å². The van der Waals surface area contributed by atoms with Gasteiger partial charge in [-0.15, -0.1) is 0 Å². The van der Waals surface area contributed by atoms with Crippen molar-refractivity contribution in [2.24, 2.45) is 0 Å². The van der Waals surface area contributed by atoms with Gasteiger partial charge in [-0.1, -0.05) is 103 Å². The summed E-state index contributed by atoms with van der Waals surface area (Å²) in [4.78, 5) is 29.7. The van der Waals surface area contributed by atoms with Gasteiger partial charge in [0.05, 0.1) is 10.6 Å². The van der Waals surface area contributed by atoms with Crippen LogP contribution in [0.2, 0.25) is 5.02 Å². The Labute approximate surface area is 265 Å². The molecule has 4 rings (SSSR count). The zero-order chi connectivity index (χ0) is 31.5. The second-order valence-corrected chi connectivity index (χ2v) is 13.0. The molecule has 1 atom stereocenters. The number of nitrogens with one attached hydrogen (secondary N) is 1. The van der Waals surface area contributed by atoms with Crippen LogP contribution < -0.4 is 9.62 Å². The Morgan fingerprint density at radius 1 is 0.841 bits per heavy atom. The van der Waals surface area contributed by atoms with Gasteiger partial charge in [-0.2, -0.15) is 0 Å². The van der Waals surface area contributed by atoms with E-state index in [1.54, 1.807) is 60.7 Å². The Bertz CT molecular complexity index is 1630. The molecule has 0 aromatic heterocycles. The van der Waals surface area contributed by atoms with Gasteiger partial charge in [-0.3, -0.25) is 13.9 Å². The minimum absolute atomic E-state index is 0.0607. The van der Waals surface area contributed by atoms with Crippen molar-refractivity contribution in [3.8, 4) is 0 Å². The molecule has 9 heteroatoms. The standard InChI is InChI=1S/C35H38ClN3O4S/c1-3-4-22-37-35(41)33(24-28-12-7-5-8-13-28)38(25-29-14-11-15-30(36)23-29)34(40)26-39(31-20-18-27(2)19-21-31)44(42,43)32-16-9-6-10-17-32/h5-21,23,33H,3-4,22,24-26H2,1-2H3,(H,37,41). The minimum atomic E-state index is -4.13. The van der Waals surface area contributed by atoms with E-state index in [0.29, 0.717) is 17.3 Å². The van der Waals surface area contributed by atoms with Gasteiger partial charge in [0.25, 0.3) is 10.0 Å². The van der Waals surface area contributed by atoms with Crippen LogP contribution in [0.25, 0.3) is 0 Å². The lowest BCUT2D eigenvalue weighted by atomic mass is 10.0. The third kappa shape index (κ3) is 8.71. The number of carbonyl (C=O) groups excluding carboxylic acids is 2. The molecule has 0 saturated carbocycles. The summed E-state index contributed by atoms with van der Waals surface area (Å²) in [7, 11) is -4.13. The number of amides is 2. The number of nitrogens with zero attached hydrogens (tertiary/aromatic N) is 2. The topological polar surface area (TPSA) is 86.8 Å². The number of carbonyl (C=O) groups is 2. The minimum Gasteiger partial charge on any atom is -0.354 e. The lowest BCUT2D eigenvalue weighted by molar-refractivity contribution is -0.140. The highest BCUT2D eigenvalue weighted by Gasteiger charge is 2.34. The van der Waals surface area contributed by atoms with E-state index in [4.69, 9.17) is 11.6 Å². The summed E-state index contributed by atoms with van der Waals surface area (Å²) >= 11 is 6.30. The molecule has 0 aliphatic rings. The van der Waals surface area contributed by atoms with Crippen LogP contribution in [-0.4, -0.2) is 44.3 Å². The predicted octanol–water partition coefficient (Wildman–Crippen LogP) is 6.40. The van der Waals surface area contributed by atoms with Crippen molar-refractivity contribution in [3.05, 3.63) is 131 Å². The Morgan fingerprint density at radius 2 is 1.48 bits per heavy atom. The lowest BCUT2D eigenvalue weighted by Crippen LogP contribution is -2.53. The van der Waals surface area contributed by atoms with Crippen molar-refractivity contribution in [2.45, 2.75) is 50.6 Å². The first kappa shape index (κ1) is 32.8. The first-order chi connectivity index (χ1) is 21.2. The summed E-state index contributed by atoms with van der Waals surface area (Å²) in [5.41, 5.74) is 2.89. The number of anilines is 1. The van der Waals surface area contributed by atoms with Crippen LogP contribution in [-0.2, 0) is 32.6 Å². The Morgan fingerprint density at radius 3 is 2.11 bits per heavy atom. The number of unbranched alkanes of at least 4 members (excludes halogenated alkanes) is 1. The molecule has 4 aromatic carbocycles. The number of hydrogen-bond acceptors (Lipinski definition) is 4. The zero-order valence-electron chi connectivity index (χ0n) is 25.0. The van der Waals surface area contributed by atoms with Gasteiger partial charge in [-0.05, 0) is 60.9 Å². The van der Waals surface area contributed by atoms with E-state index >= 15 is 0 Å². The van der Waals surface area contributed by atoms with Gasteiger partial charge >= 0.3 is 0 Å². The highest BCUT2D eigenvalue weighted by molar-refractivity contribution is 7.92. The summed E-state index contributed by atoms with van der Waals surface area (Å²) < 4.78 is 29.1. The molecule has 1 unspecified atom stereocenters. The molecular formula is C35H38ClN3O4S. The van der Waals surface area contributed by atoms with Crippen LogP contribution in [0.1, 0.15) is 36.5 Å². The molecule has 0 bridgehead atoms. The fraction of sp³-hybridized carbons (Fsp3) is 0.257. The number of sulfonamides is 1. The van der Waals surface area contributed by atoms with Gasteiger partial charge in [-0.25, -0.2) is 8.42 Å². The molecule has 0 aliphatic heterocycles. The number of benzene rings is 4. The molecule has 0 spiro atoms. The molecule has 0 radical (unpaired) electrons. The van der Waals surface area contributed by atoms with Crippen LogP contribution in [0.5, 0.6) is 0 Å². The first-order valence-corrected chi connectivity index (χ1v) is 16.5. The van der Waals surface area contributed by atoms with Crippen molar-refractivity contribution in [1.29, 1.82) is 0 Å². The molecule has 4 aromatic rings. The first-order valence-electron chi connectivity index (χ1n) is 14.7. The van der Waals surface area contributed by atoms with Crippen LogP contribution in [0, 0.1) is 6.92 Å². The Balaban J connectivity index is 1.78. The average Bonchev–Trinajstić information content (AvgIpc) is 3.03. The maximum absolute atomic E-state index is 14.4. The van der Waals surface area contributed by atoms with Gasteiger partial charge in [0.2, 0.25) is 11.8 Å². The fourth-order valence-electron chi connectivity index (χ4n) is 4.85. The molecule has 0 fully saturated rings. The summed E-state index contributed by atoms with van der Waals surface area (Å²) in [6.07, 6.45) is 1.95. The van der Waals surface area contributed by atoms with Gasteiger partial charge in [0.1, 0.15) is 12.6 Å². The number of hydrogen-bond donors (Lipinski definition) is 1. The third-order valence-electron chi connectivity index (χ3n) is 7.27. The number of halogens is 1. The van der Waals surface area contributed by atoms with Crippen molar-refractivity contribution < 1.29 is 18.0 Å². The zero-order valence-corrected chi connectivity index (χ0v) is 26.6. The normalized spacial score (nSPS) is 11.9. The Hall–Kier alpha value is -4.14. The van der Waals surface area contributed by atoms with Crippen LogP contribution in [0.15, 0.2) is 114 Å². The van der Waals surface area contributed by atoms with E-state index in [-0.39, 0.29) is 23.8 Å². The van der Waals surface area contributed by atoms with Crippen molar-refractivity contribution in [3.63, 3.8) is 0 Å². The molecule has 7 nitrogen and oxygen atoms in total. The van der Waals surface area contributed by atoms with E-state index in [0.717, 1.165) is 33.8 Å². The molecule has 230 valence electrons. The maximum Gasteiger partial charge on any atom is 0.264 e. The van der Waals surface area contributed by atoms with Gasteiger partial charge in [0, 0.05) is 24.5 Å². The van der Waals surface area contributed by atoms with Crippen LogP contribution in [0.4, 0.5) is 5.69 Å². The van der Waals surface area contributed by atoms with Crippen molar-refractivity contribution in [2.75, 3.05) is 17.4 Å². The molecule has 2 amide bonds. The summed E-state index contributed by atoms with van der Waals surface area (Å²) in [6.45, 7) is 3.97. The molecular weight excluding hydrogens is 594 g/mol.